The van der Waals surface area contributed by atoms with Crippen molar-refractivity contribution in [2.45, 2.75) is 25.7 Å². The molecule has 4 N–H and O–H groups in total. The van der Waals surface area contributed by atoms with Crippen LogP contribution in [-0.2, 0) is 0 Å². The number of nitrogens with zero attached hydrogens (tertiary/aromatic N) is 2. The Morgan fingerprint density at radius 3 is 2.65 bits per heavy atom. The quantitative estimate of drug-likeness (QED) is 0.682. The molecule has 108 valence electrons. The zero-order valence-electron chi connectivity index (χ0n) is 11.7. The molecule has 1 aromatic heterocycles. The van der Waals surface area contributed by atoms with E-state index in [9.17, 15) is 9.59 Å². The van der Waals surface area contributed by atoms with E-state index < -0.39 is 5.91 Å². The Morgan fingerprint density at radius 1 is 1.40 bits per heavy atom. The summed E-state index contributed by atoms with van der Waals surface area (Å²) in [6.45, 7) is 3.07. The van der Waals surface area contributed by atoms with Gasteiger partial charge in [0.2, 0.25) is 0 Å². The lowest BCUT2D eigenvalue weighted by Crippen LogP contribution is -2.31. The molecule has 1 amide bonds. The van der Waals surface area contributed by atoms with Gasteiger partial charge in [0.05, 0.1) is 5.69 Å². The van der Waals surface area contributed by atoms with Crippen molar-refractivity contribution in [3.63, 3.8) is 0 Å². The van der Waals surface area contributed by atoms with Crippen LogP contribution in [0.4, 0.5) is 5.82 Å². The monoisotopic (exact) mass is 277 g/mol. The molecule has 7 nitrogen and oxygen atoms in total. The van der Waals surface area contributed by atoms with Gasteiger partial charge < -0.3 is 16.4 Å². The van der Waals surface area contributed by atoms with Crippen LogP contribution in [0.1, 0.15) is 52.4 Å². The number of anilines is 1. The highest BCUT2D eigenvalue weighted by Gasteiger charge is 2.26. The Labute approximate surface area is 117 Å². The summed E-state index contributed by atoms with van der Waals surface area (Å²) in [5.74, 6) is -0.315. The van der Waals surface area contributed by atoms with Crippen molar-refractivity contribution < 1.29 is 9.59 Å². The topological polar surface area (TPSA) is 110 Å². The molecule has 0 aliphatic carbocycles. The first-order chi connectivity index (χ1) is 9.54. The van der Waals surface area contributed by atoms with Crippen LogP contribution in [0.15, 0.2) is 0 Å². The van der Waals surface area contributed by atoms with Crippen LogP contribution in [0, 0.1) is 0 Å². The molecule has 1 aliphatic rings. The van der Waals surface area contributed by atoms with E-state index in [1.807, 2.05) is 0 Å². The van der Waals surface area contributed by atoms with Crippen LogP contribution in [0.3, 0.4) is 0 Å². The van der Waals surface area contributed by atoms with E-state index in [1.54, 1.807) is 7.05 Å². The Morgan fingerprint density at radius 2 is 2.15 bits per heavy atom. The van der Waals surface area contributed by atoms with Crippen LogP contribution >= 0.6 is 0 Å². The third-order valence-electron chi connectivity index (χ3n) is 3.42. The summed E-state index contributed by atoms with van der Waals surface area (Å²) in [7, 11) is 1.64. The van der Waals surface area contributed by atoms with Crippen LogP contribution in [-0.4, -0.2) is 41.8 Å². The van der Waals surface area contributed by atoms with E-state index in [-0.39, 0.29) is 23.1 Å². The van der Waals surface area contributed by atoms with Crippen LogP contribution < -0.4 is 16.4 Å². The fourth-order valence-corrected chi connectivity index (χ4v) is 2.44. The van der Waals surface area contributed by atoms with Crippen molar-refractivity contribution in [2.24, 2.45) is 5.73 Å². The Kier molecular flexibility index (Phi) is 4.29. The Bertz CT molecular complexity index is 538. The maximum absolute atomic E-state index is 11.7. The minimum atomic E-state index is -0.579. The number of hydrogen-bond acceptors (Lipinski definition) is 6. The van der Waals surface area contributed by atoms with Crippen molar-refractivity contribution >= 4 is 17.5 Å². The van der Waals surface area contributed by atoms with Crippen LogP contribution in [0.5, 0.6) is 0 Å². The Balaban J connectivity index is 2.57. The maximum atomic E-state index is 11.7. The lowest BCUT2D eigenvalue weighted by Gasteiger charge is -2.24. The third kappa shape index (κ3) is 2.77. The highest BCUT2D eigenvalue weighted by Crippen LogP contribution is 2.28. The molecule has 1 aliphatic heterocycles. The molecule has 0 spiro atoms. The molecule has 7 heteroatoms. The summed E-state index contributed by atoms with van der Waals surface area (Å²) < 4.78 is 0. The van der Waals surface area contributed by atoms with Gasteiger partial charge >= 0.3 is 0 Å². The van der Waals surface area contributed by atoms with Gasteiger partial charge in [-0.3, -0.25) is 9.59 Å². The summed E-state index contributed by atoms with van der Waals surface area (Å²) in [4.78, 5) is 31.6. The van der Waals surface area contributed by atoms with Crippen molar-refractivity contribution in [2.75, 3.05) is 25.5 Å². The van der Waals surface area contributed by atoms with E-state index in [1.165, 1.54) is 6.92 Å². The fourth-order valence-electron chi connectivity index (χ4n) is 2.44. The zero-order chi connectivity index (χ0) is 14.7. The number of hydrogen-bond donors (Lipinski definition) is 3. The van der Waals surface area contributed by atoms with Gasteiger partial charge in [0.25, 0.3) is 5.91 Å². The molecule has 20 heavy (non-hydrogen) atoms. The summed E-state index contributed by atoms with van der Waals surface area (Å²) in [6.07, 6.45) is 1.90. The lowest BCUT2D eigenvalue weighted by atomic mass is 9.92. The number of aromatic nitrogens is 2. The molecule has 1 fully saturated rings. The van der Waals surface area contributed by atoms with Crippen LogP contribution in [0.25, 0.3) is 0 Å². The standard InChI is InChI=1S/C13H19N5O2/c1-7(19)12-17-10(8-4-3-5-16-6-8)9(11(14)20)13(15-2)18-12/h8,16H,3-6H2,1-2H3,(H2,14,20)(H,15,17,18). The van der Waals surface area contributed by atoms with Crippen molar-refractivity contribution in [3.8, 4) is 0 Å². The largest absolute Gasteiger partial charge is 0.372 e. The average Bonchev–Trinajstić information content (AvgIpc) is 2.46. The first kappa shape index (κ1) is 14.4. The summed E-state index contributed by atoms with van der Waals surface area (Å²) >= 11 is 0. The van der Waals surface area contributed by atoms with Gasteiger partial charge in [0, 0.05) is 26.4 Å². The predicted octanol–water partition coefficient (Wildman–Crippen LogP) is 0.287. The number of ketones is 1. The SMILES string of the molecule is CNc1nc(C(C)=O)nc(C2CCCNC2)c1C(N)=O. The van der Waals surface area contributed by atoms with Gasteiger partial charge in [0.15, 0.2) is 11.6 Å². The number of piperidine rings is 1. The molecule has 0 radical (unpaired) electrons. The molecular formula is C13H19N5O2. The van der Waals surface area contributed by atoms with Crippen molar-refractivity contribution in [3.05, 3.63) is 17.1 Å². The molecule has 2 heterocycles. The average molecular weight is 277 g/mol. The van der Waals surface area contributed by atoms with Crippen molar-refractivity contribution in [1.29, 1.82) is 0 Å². The number of rotatable bonds is 4. The Hall–Kier alpha value is -2.02. The van der Waals surface area contributed by atoms with E-state index >= 15 is 0 Å². The molecule has 1 aromatic rings. The second-order valence-corrected chi connectivity index (χ2v) is 4.87. The van der Waals surface area contributed by atoms with Gasteiger partial charge in [0.1, 0.15) is 11.4 Å². The predicted molar refractivity (Wildman–Crippen MR) is 74.9 cm³/mol. The first-order valence-electron chi connectivity index (χ1n) is 6.65. The van der Waals surface area contributed by atoms with Gasteiger partial charge in [-0.2, -0.15) is 0 Å². The van der Waals surface area contributed by atoms with Gasteiger partial charge in [-0.05, 0) is 19.4 Å². The third-order valence-corrected chi connectivity index (χ3v) is 3.42. The minimum absolute atomic E-state index is 0.0689. The summed E-state index contributed by atoms with van der Waals surface area (Å²) in [6, 6.07) is 0. The normalized spacial score (nSPS) is 18.6. The highest BCUT2D eigenvalue weighted by atomic mass is 16.1. The molecule has 1 unspecified atom stereocenters. The van der Waals surface area contributed by atoms with Crippen LogP contribution in [0.2, 0.25) is 0 Å². The fraction of sp³-hybridized carbons (Fsp3) is 0.538. The van der Waals surface area contributed by atoms with E-state index in [0.717, 1.165) is 25.9 Å². The van der Waals surface area contributed by atoms with E-state index in [2.05, 4.69) is 20.6 Å². The molecule has 0 bridgehead atoms. The number of amides is 1. The van der Waals surface area contributed by atoms with Crippen molar-refractivity contribution in [1.82, 2.24) is 15.3 Å². The molecule has 2 rings (SSSR count). The number of primary amides is 1. The second-order valence-electron chi connectivity index (χ2n) is 4.87. The smallest absolute Gasteiger partial charge is 0.254 e. The minimum Gasteiger partial charge on any atom is -0.372 e. The highest BCUT2D eigenvalue weighted by molar-refractivity contribution is 6.00. The molecule has 1 saturated heterocycles. The van der Waals surface area contributed by atoms with Gasteiger partial charge in [-0.25, -0.2) is 9.97 Å². The molecule has 0 saturated carbocycles. The number of carbonyl (C=O) groups excluding carboxylic acids is 2. The first-order valence-corrected chi connectivity index (χ1v) is 6.65. The van der Waals surface area contributed by atoms with E-state index in [4.69, 9.17) is 5.73 Å². The number of carbonyl (C=O) groups is 2. The number of Topliss-reactive ketones (excluding diaryl/α,β-unsaturated/α-hetero) is 1. The molecular weight excluding hydrogens is 258 g/mol. The summed E-state index contributed by atoms with van der Waals surface area (Å²) in [5.41, 5.74) is 6.31. The number of nitrogens with two attached hydrogens (primary N) is 1. The van der Waals surface area contributed by atoms with Gasteiger partial charge in [-0.15, -0.1) is 0 Å². The maximum Gasteiger partial charge on any atom is 0.254 e. The molecule has 1 atom stereocenters. The zero-order valence-corrected chi connectivity index (χ0v) is 11.7. The summed E-state index contributed by atoms with van der Waals surface area (Å²) in [5, 5.41) is 6.09. The van der Waals surface area contributed by atoms with E-state index in [0.29, 0.717) is 11.5 Å². The lowest BCUT2D eigenvalue weighted by molar-refractivity contribution is 0.0985. The second kappa shape index (κ2) is 5.96. The molecule has 0 aromatic carbocycles. The van der Waals surface area contributed by atoms with Gasteiger partial charge in [-0.1, -0.05) is 0 Å². The number of nitrogens with one attached hydrogen (secondary N) is 2.